The Bertz CT molecular complexity index is 1040. The molecule has 2 N–H and O–H groups in total. The Hall–Kier alpha value is -2.42. The number of isocyanates is 1. The molecule has 2 aliphatic heterocycles. The number of rotatable bonds is 2. The van der Waals surface area contributed by atoms with Crippen molar-refractivity contribution in [3.05, 3.63) is 58.6 Å². The van der Waals surface area contributed by atoms with E-state index < -0.39 is 9.84 Å². The molecular weight excluding hydrogens is 499 g/mol. The maximum Gasteiger partial charge on any atom is 0.321 e. The van der Waals surface area contributed by atoms with E-state index in [2.05, 4.69) is 15.6 Å². The minimum absolute atomic E-state index is 0.0120. The summed E-state index contributed by atoms with van der Waals surface area (Å²) < 4.78 is 21.2. The number of halogens is 2. The van der Waals surface area contributed by atoms with Gasteiger partial charge in [0, 0.05) is 41.9 Å². The van der Waals surface area contributed by atoms with Gasteiger partial charge in [-0.3, -0.25) is 0 Å². The molecule has 2 aromatic carbocycles. The van der Waals surface area contributed by atoms with Crippen LogP contribution in [0, 0.1) is 0 Å². The third-order valence-electron chi connectivity index (χ3n) is 4.92. The molecule has 0 spiro atoms. The quantitative estimate of drug-likeness (QED) is 0.436. The summed E-state index contributed by atoms with van der Waals surface area (Å²) in [6.45, 7) is 2.98. The van der Waals surface area contributed by atoms with Gasteiger partial charge in [-0.25, -0.2) is 18.0 Å². The van der Waals surface area contributed by atoms with Gasteiger partial charge in [-0.1, -0.05) is 23.2 Å². The molecule has 11 heteroatoms. The van der Waals surface area contributed by atoms with E-state index in [1.54, 1.807) is 36.4 Å². The van der Waals surface area contributed by atoms with Crippen LogP contribution in [0.5, 0.6) is 0 Å². The molecule has 0 unspecified atom stereocenters. The Labute approximate surface area is 210 Å². The third-order valence-corrected chi connectivity index (χ3v) is 7.08. The number of benzene rings is 2. The van der Waals surface area contributed by atoms with Crippen molar-refractivity contribution in [2.45, 2.75) is 19.3 Å². The van der Waals surface area contributed by atoms with Gasteiger partial charge < -0.3 is 15.5 Å². The van der Waals surface area contributed by atoms with E-state index in [1.165, 1.54) is 12.5 Å². The first-order chi connectivity index (χ1) is 16.3. The van der Waals surface area contributed by atoms with Crippen molar-refractivity contribution in [3.8, 4) is 0 Å². The highest BCUT2D eigenvalue weighted by molar-refractivity contribution is 7.91. The minimum Gasteiger partial charge on any atom is -0.325 e. The average Bonchev–Trinajstić information content (AvgIpc) is 2.83. The van der Waals surface area contributed by atoms with E-state index in [4.69, 9.17) is 23.2 Å². The van der Waals surface area contributed by atoms with Crippen molar-refractivity contribution < 1.29 is 18.0 Å². The van der Waals surface area contributed by atoms with Crippen LogP contribution in [-0.2, 0) is 14.6 Å². The lowest BCUT2D eigenvalue weighted by atomic mass is 10.1. The second-order valence-electron chi connectivity index (χ2n) is 7.57. The van der Waals surface area contributed by atoms with Gasteiger partial charge in [-0.05, 0) is 67.8 Å². The third kappa shape index (κ3) is 11.1. The fraction of sp³-hybridized carbons (Fsp3) is 0.391. The van der Waals surface area contributed by atoms with Gasteiger partial charge in [0.2, 0.25) is 6.08 Å². The highest BCUT2D eigenvalue weighted by Crippen LogP contribution is 2.16. The van der Waals surface area contributed by atoms with E-state index in [0.29, 0.717) is 40.3 Å². The Balaban J connectivity index is 0.000000195. The molecular formula is C23H28Cl2N4O4S. The molecule has 2 amide bonds. The van der Waals surface area contributed by atoms with Crippen LogP contribution in [0.2, 0.25) is 10.0 Å². The van der Waals surface area contributed by atoms with Crippen LogP contribution < -0.4 is 10.6 Å². The molecule has 184 valence electrons. The number of nitrogens with zero attached hydrogens (tertiary/aromatic N) is 2. The Kier molecular flexibility index (Phi) is 12.1. The highest BCUT2D eigenvalue weighted by atomic mass is 35.5. The van der Waals surface area contributed by atoms with Gasteiger partial charge in [0.1, 0.15) is 0 Å². The van der Waals surface area contributed by atoms with Gasteiger partial charge in [0.15, 0.2) is 9.84 Å². The van der Waals surface area contributed by atoms with Crippen LogP contribution in [0.4, 0.5) is 16.2 Å². The summed E-state index contributed by atoms with van der Waals surface area (Å²) >= 11 is 11.3. The number of sulfone groups is 1. The Morgan fingerprint density at radius 3 is 1.91 bits per heavy atom. The maximum absolute atomic E-state index is 11.8. The molecule has 4 rings (SSSR count). The molecule has 2 fully saturated rings. The number of urea groups is 1. The van der Waals surface area contributed by atoms with Crippen LogP contribution in [0.1, 0.15) is 19.3 Å². The number of anilines is 1. The Morgan fingerprint density at radius 2 is 1.44 bits per heavy atom. The molecule has 0 aromatic heterocycles. The number of aliphatic imine (C=N–C) groups is 1. The maximum atomic E-state index is 11.8. The molecule has 2 saturated heterocycles. The topological polar surface area (TPSA) is 108 Å². The second kappa shape index (κ2) is 14.8. The number of carbonyl (C=O) groups excluding carboxylic acids is 2. The predicted molar refractivity (Wildman–Crippen MR) is 137 cm³/mol. The number of likely N-dealkylation sites (tertiary alicyclic amines) is 1. The summed E-state index contributed by atoms with van der Waals surface area (Å²) in [4.78, 5) is 26.8. The van der Waals surface area contributed by atoms with Crippen LogP contribution >= 0.6 is 23.2 Å². The molecule has 2 aliphatic rings. The zero-order valence-corrected chi connectivity index (χ0v) is 21.0. The van der Waals surface area contributed by atoms with Gasteiger partial charge in [-0.2, -0.15) is 4.99 Å². The summed E-state index contributed by atoms with van der Waals surface area (Å²) in [5.41, 5.74) is 1.36. The van der Waals surface area contributed by atoms with Gasteiger partial charge in [-0.15, -0.1) is 0 Å². The SMILES string of the molecule is O=C(Nc1ccc(Cl)cc1)N1CCCCC1.O=C=Nc1ccc(Cl)cc1.O=S1(=O)CCNCC1. The smallest absolute Gasteiger partial charge is 0.321 e. The standard InChI is InChI=1S/C12H15ClN2O.C7H4ClNO.C4H9NO2S/c13-10-4-6-11(7-5-10)14-12(16)15-8-2-1-3-9-15;8-6-1-3-7(4-2-6)9-5-10;6-8(7)3-1-5-2-4-8/h4-7H,1-3,8-9H2,(H,14,16);1-4H;5H,1-4H2. The van der Waals surface area contributed by atoms with Crippen LogP contribution in [-0.4, -0.2) is 63.1 Å². The zero-order chi connectivity index (χ0) is 24.8. The van der Waals surface area contributed by atoms with E-state index in [-0.39, 0.29) is 6.03 Å². The predicted octanol–water partition coefficient (Wildman–Crippen LogP) is 4.67. The van der Waals surface area contributed by atoms with Crippen LogP contribution in [0.3, 0.4) is 0 Å². The number of hydrogen-bond acceptors (Lipinski definition) is 6. The molecule has 34 heavy (non-hydrogen) atoms. The highest BCUT2D eigenvalue weighted by Gasteiger charge is 2.16. The molecule has 0 bridgehead atoms. The lowest BCUT2D eigenvalue weighted by Crippen LogP contribution is -2.38. The monoisotopic (exact) mass is 526 g/mol. The van der Waals surface area contributed by atoms with Gasteiger partial charge in [0.25, 0.3) is 0 Å². The lowest BCUT2D eigenvalue weighted by molar-refractivity contribution is 0.200. The summed E-state index contributed by atoms with van der Waals surface area (Å²) in [5.74, 6) is 0.625. The van der Waals surface area contributed by atoms with E-state index in [0.717, 1.165) is 31.6 Å². The summed E-state index contributed by atoms with van der Waals surface area (Å²) in [5, 5.41) is 7.13. The van der Waals surface area contributed by atoms with Gasteiger partial charge >= 0.3 is 6.03 Å². The summed E-state index contributed by atoms with van der Waals surface area (Å²) in [6.07, 6.45) is 4.87. The van der Waals surface area contributed by atoms with Crippen molar-refractivity contribution in [1.29, 1.82) is 0 Å². The molecule has 0 radical (unpaired) electrons. The van der Waals surface area contributed by atoms with Crippen LogP contribution in [0.25, 0.3) is 0 Å². The van der Waals surface area contributed by atoms with Crippen LogP contribution in [0.15, 0.2) is 53.5 Å². The molecule has 2 aromatic rings. The number of hydrogen-bond donors (Lipinski definition) is 2. The fourth-order valence-electron chi connectivity index (χ4n) is 3.08. The van der Waals surface area contributed by atoms with Crippen molar-refractivity contribution in [2.24, 2.45) is 4.99 Å². The van der Waals surface area contributed by atoms with E-state index in [9.17, 15) is 18.0 Å². The number of carbonyl (C=O) groups is 1. The minimum atomic E-state index is -2.65. The first-order valence-corrected chi connectivity index (χ1v) is 13.4. The number of nitrogens with one attached hydrogen (secondary N) is 2. The first kappa shape index (κ1) is 27.8. The lowest BCUT2D eigenvalue weighted by Gasteiger charge is -2.26. The van der Waals surface area contributed by atoms with Crippen molar-refractivity contribution in [2.75, 3.05) is 43.0 Å². The molecule has 0 aliphatic carbocycles. The molecule has 8 nitrogen and oxygen atoms in total. The van der Waals surface area contributed by atoms with E-state index in [1.807, 2.05) is 17.0 Å². The summed E-state index contributed by atoms with van der Waals surface area (Å²) in [7, 11) is -2.65. The molecule has 0 atom stereocenters. The van der Waals surface area contributed by atoms with Crippen molar-refractivity contribution in [3.63, 3.8) is 0 Å². The number of amides is 2. The van der Waals surface area contributed by atoms with Gasteiger partial charge in [0.05, 0.1) is 17.2 Å². The average molecular weight is 527 g/mol. The normalized spacial score (nSPS) is 16.5. The zero-order valence-electron chi connectivity index (χ0n) is 18.7. The fourth-order valence-corrected chi connectivity index (χ4v) is 4.45. The Morgan fingerprint density at radius 1 is 0.912 bits per heavy atom. The van der Waals surface area contributed by atoms with Crippen molar-refractivity contribution in [1.82, 2.24) is 10.2 Å². The number of piperidine rings is 1. The second-order valence-corrected chi connectivity index (χ2v) is 10.7. The molecule has 0 saturated carbocycles. The summed E-state index contributed by atoms with van der Waals surface area (Å²) in [6, 6.07) is 13.8. The molecule has 2 heterocycles. The largest absolute Gasteiger partial charge is 0.325 e. The first-order valence-electron chi connectivity index (χ1n) is 10.9. The van der Waals surface area contributed by atoms with E-state index >= 15 is 0 Å². The van der Waals surface area contributed by atoms with Crippen molar-refractivity contribution >= 4 is 56.5 Å².